The lowest BCUT2D eigenvalue weighted by molar-refractivity contribution is -0.153. The highest BCUT2D eigenvalue weighted by Crippen LogP contribution is 2.18. The third-order valence-electron chi connectivity index (χ3n) is 2.76. The predicted octanol–water partition coefficient (Wildman–Crippen LogP) is 1.67. The van der Waals surface area contributed by atoms with Crippen LogP contribution in [0.25, 0.3) is 0 Å². The number of hydrogen-bond donors (Lipinski definition) is 1. The molecule has 0 aliphatic carbocycles. The molecule has 1 saturated heterocycles. The zero-order chi connectivity index (χ0) is 12.1. The fraction of sp³-hybridized carbons (Fsp3) is 0.417. The van der Waals surface area contributed by atoms with E-state index in [0.29, 0.717) is 12.3 Å². The maximum Gasteiger partial charge on any atom is 0.452 e. The molecule has 1 heterocycles. The summed E-state index contributed by atoms with van der Waals surface area (Å²) in [5.41, 5.74) is 6.36. The molecule has 0 aromatic heterocycles. The van der Waals surface area contributed by atoms with E-state index in [0.717, 1.165) is 31.5 Å². The quantitative estimate of drug-likeness (QED) is 0.640. The standard InChI is InChI=1S/C12H16N2O3/c13-9-10-5-1-2-6-11(10)16-17-12(15)14-7-3-4-8-14/h1-2,5-6H,3-4,7-9,13H2. The molecule has 92 valence electrons. The van der Waals surface area contributed by atoms with Gasteiger partial charge >= 0.3 is 6.09 Å². The molecule has 5 nitrogen and oxygen atoms in total. The molecule has 5 heteroatoms. The molecule has 1 amide bonds. The van der Waals surface area contributed by atoms with E-state index in [9.17, 15) is 4.79 Å². The van der Waals surface area contributed by atoms with Crippen LogP contribution in [0.1, 0.15) is 18.4 Å². The van der Waals surface area contributed by atoms with Gasteiger partial charge in [0.2, 0.25) is 0 Å². The van der Waals surface area contributed by atoms with Gasteiger partial charge in [-0.2, -0.15) is 0 Å². The van der Waals surface area contributed by atoms with E-state index in [4.69, 9.17) is 15.5 Å². The van der Waals surface area contributed by atoms with E-state index in [1.54, 1.807) is 17.0 Å². The Hall–Kier alpha value is -1.75. The van der Waals surface area contributed by atoms with Crippen molar-refractivity contribution in [1.29, 1.82) is 0 Å². The van der Waals surface area contributed by atoms with E-state index in [2.05, 4.69) is 0 Å². The van der Waals surface area contributed by atoms with Crippen molar-refractivity contribution in [2.45, 2.75) is 19.4 Å². The van der Waals surface area contributed by atoms with Crippen LogP contribution in [0.2, 0.25) is 0 Å². The summed E-state index contributed by atoms with van der Waals surface area (Å²) < 4.78 is 0. The highest BCUT2D eigenvalue weighted by molar-refractivity contribution is 5.67. The molecule has 1 fully saturated rings. The SMILES string of the molecule is NCc1ccccc1OOC(=O)N1CCCC1. The first-order chi connectivity index (χ1) is 8.31. The summed E-state index contributed by atoms with van der Waals surface area (Å²) in [4.78, 5) is 23.0. The second-order valence-electron chi connectivity index (χ2n) is 3.94. The Morgan fingerprint density at radius 1 is 1.29 bits per heavy atom. The van der Waals surface area contributed by atoms with Gasteiger partial charge in [-0.1, -0.05) is 18.2 Å². The van der Waals surface area contributed by atoms with E-state index in [-0.39, 0.29) is 0 Å². The lowest BCUT2D eigenvalue weighted by atomic mass is 10.2. The van der Waals surface area contributed by atoms with Crippen LogP contribution in [0.3, 0.4) is 0 Å². The number of nitrogens with zero attached hydrogens (tertiary/aromatic N) is 1. The van der Waals surface area contributed by atoms with Gasteiger partial charge in [-0.3, -0.25) is 4.89 Å². The van der Waals surface area contributed by atoms with Crippen molar-refractivity contribution < 1.29 is 14.6 Å². The summed E-state index contributed by atoms with van der Waals surface area (Å²) in [6, 6.07) is 7.22. The summed E-state index contributed by atoms with van der Waals surface area (Å²) in [5.74, 6) is 0.488. The first kappa shape index (κ1) is 11.7. The van der Waals surface area contributed by atoms with E-state index >= 15 is 0 Å². The Morgan fingerprint density at radius 3 is 2.71 bits per heavy atom. The van der Waals surface area contributed by atoms with Crippen molar-refractivity contribution >= 4 is 6.09 Å². The third-order valence-corrected chi connectivity index (χ3v) is 2.76. The van der Waals surface area contributed by atoms with E-state index in [1.165, 1.54) is 0 Å². The Labute approximate surface area is 100 Å². The molecule has 0 saturated carbocycles. The number of nitrogens with two attached hydrogens (primary N) is 1. The molecule has 1 aliphatic rings. The van der Waals surface area contributed by atoms with Gasteiger partial charge in [0.1, 0.15) is 0 Å². The first-order valence-electron chi connectivity index (χ1n) is 5.72. The molecular formula is C12H16N2O3. The number of carbonyl (C=O) groups is 1. The largest absolute Gasteiger partial charge is 0.452 e. The van der Waals surface area contributed by atoms with Crippen LogP contribution < -0.4 is 10.6 Å². The van der Waals surface area contributed by atoms with Gasteiger partial charge < -0.3 is 10.6 Å². The van der Waals surface area contributed by atoms with Gasteiger partial charge in [0.05, 0.1) is 0 Å². The molecule has 1 aliphatic heterocycles. The molecule has 1 aromatic rings. The van der Waals surface area contributed by atoms with E-state index in [1.807, 2.05) is 12.1 Å². The summed E-state index contributed by atoms with van der Waals surface area (Å²) in [6.07, 6.45) is 1.61. The molecule has 0 radical (unpaired) electrons. The zero-order valence-corrected chi connectivity index (χ0v) is 9.59. The van der Waals surface area contributed by atoms with Crippen LogP contribution in [0.5, 0.6) is 5.75 Å². The number of likely N-dealkylation sites (tertiary alicyclic amines) is 1. The second kappa shape index (κ2) is 5.54. The summed E-state index contributed by atoms with van der Waals surface area (Å²) in [6.45, 7) is 1.82. The average molecular weight is 236 g/mol. The lowest BCUT2D eigenvalue weighted by Gasteiger charge is -2.14. The number of amides is 1. The maximum absolute atomic E-state index is 11.6. The van der Waals surface area contributed by atoms with Crippen LogP contribution in [-0.2, 0) is 11.4 Å². The van der Waals surface area contributed by atoms with Gasteiger partial charge in [-0.05, 0) is 18.9 Å². The third kappa shape index (κ3) is 2.88. The Morgan fingerprint density at radius 2 is 2.00 bits per heavy atom. The molecule has 0 unspecified atom stereocenters. The monoisotopic (exact) mass is 236 g/mol. The van der Waals surface area contributed by atoms with Crippen molar-refractivity contribution in [3.63, 3.8) is 0 Å². The molecule has 17 heavy (non-hydrogen) atoms. The van der Waals surface area contributed by atoms with Gasteiger partial charge in [-0.15, -0.1) is 0 Å². The second-order valence-corrected chi connectivity index (χ2v) is 3.94. The Bertz CT molecular complexity index is 389. The maximum atomic E-state index is 11.6. The van der Waals surface area contributed by atoms with Crippen molar-refractivity contribution in [3.05, 3.63) is 29.8 Å². The lowest BCUT2D eigenvalue weighted by Crippen LogP contribution is -2.29. The topological polar surface area (TPSA) is 64.8 Å². The number of carbonyl (C=O) groups excluding carboxylic acids is 1. The van der Waals surface area contributed by atoms with Gasteiger partial charge in [0.15, 0.2) is 5.75 Å². The normalized spacial score (nSPS) is 14.8. The van der Waals surface area contributed by atoms with Crippen molar-refractivity contribution in [3.8, 4) is 5.75 Å². The molecule has 2 N–H and O–H groups in total. The highest BCUT2D eigenvalue weighted by Gasteiger charge is 2.20. The van der Waals surface area contributed by atoms with Gasteiger partial charge in [-0.25, -0.2) is 9.68 Å². The van der Waals surface area contributed by atoms with Crippen LogP contribution >= 0.6 is 0 Å². The Balaban J connectivity index is 1.90. The fourth-order valence-electron chi connectivity index (χ4n) is 1.79. The molecule has 0 atom stereocenters. The number of para-hydroxylation sites is 1. The van der Waals surface area contributed by atoms with Crippen LogP contribution in [0.4, 0.5) is 4.79 Å². The number of hydrogen-bond acceptors (Lipinski definition) is 4. The minimum Gasteiger partial charge on any atom is -0.326 e. The summed E-state index contributed by atoms with van der Waals surface area (Å²) in [7, 11) is 0. The Kier molecular flexibility index (Phi) is 3.82. The minimum absolute atomic E-state index is 0.345. The van der Waals surface area contributed by atoms with Crippen molar-refractivity contribution in [2.24, 2.45) is 5.73 Å². The highest BCUT2D eigenvalue weighted by atomic mass is 17.2. The fourth-order valence-corrected chi connectivity index (χ4v) is 1.79. The smallest absolute Gasteiger partial charge is 0.326 e. The zero-order valence-electron chi connectivity index (χ0n) is 9.59. The van der Waals surface area contributed by atoms with Gasteiger partial charge in [0, 0.05) is 25.2 Å². The van der Waals surface area contributed by atoms with E-state index < -0.39 is 6.09 Å². The van der Waals surface area contributed by atoms with Crippen LogP contribution in [-0.4, -0.2) is 24.1 Å². The molecular weight excluding hydrogens is 220 g/mol. The average Bonchev–Trinajstić information content (AvgIpc) is 2.90. The molecule has 0 bridgehead atoms. The minimum atomic E-state index is -0.436. The molecule has 0 spiro atoms. The van der Waals surface area contributed by atoms with Crippen molar-refractivity contribution in [2.75, 3.05) is 13.1 Å². The van der Waals surface area contributed by atoms with Crippen LogP contribution in [0.15, 0.2) is 24.3 Å². The van der Waals surface area contributed by atoms with Gasteiger partial charge in [0.25, 0.3) is 0 Å². The van der Waals surface area contributed by atoms with Crippen molar-refractivity contribution in [1.82, 2.24) is 4.90 Å². The molecule has 2 rings (SSSR count). The first-order valence-corrected chi connectivity index (χ1v) is 5.72. The summed E-state index contributed by atoms with van der Waals surface area (Å²) in [5, 5.41) is 0. The van der Waals surface area contributed by atoms with Crippen LogP contribution in [0, 0.1) is 0 Å². The number of benzene rings is 1. The summed E-state index contributed by atoms with van der Waals surface area (Å²) >= 11 is 0. The number of rotatable bonds is 3. The molecule has 1 aromatic carbocycles. The predicted molar refractivity (Wildman–Crippen MR) is 62.2 cm³/mol.